The summed E-state index contributed by atoms with van der Waals surface area (Å²) in [6.45, 7) is 1.90. The first-order chi connectivity index (χ1) is 8.06. The molecule has 0 aliphatic heterocycles. The van der Waals surface area contributed by atoms with Gasteiger partial charge in [0.05, 0.1) is 6.10 Å². The molecular formula is C11H16N4O2. The van der Waals surface area contributed by atoms with Crippen LogP contribution in [0.3, 0.4) is 0 Å². The standard InChI is InChI=1S/C11H16N4O2/c1-8(17-3)4-5-10(16)13-11-9(6-12)7-15(2)14-11/h7-8H,4-5H2,1-3H3,(H,13,14,16). The number of methoxy groups -OCH3 is 1. The van der Waals surface area contributed by atoms with Crippen LogP contribution in [-0.2, 0) is 16.6 Å². The molecule has 1 N–H and O–H groups in total. The van der Waals surface area contributed by atoms with Crippen molar-refractivity contribution in [3.05, 3.63) is 11.8 Å². The van der Waals surface area contributed by atoms with Crippen LogP contribution < -0.4 is 5.32 Å². The van der Waals surface area contributed by atoms with Gasteiger partial charge in [-0.1, -0.05) is 0 Å². The number of nitriles is 1. The molecule has 0 aliphatic carbocycles. The Kier molecular flexibility index (Phi) is 4.67. The summed E-state index contributed by atoms with van der Waals surface area (Å²) in [6, 6.07) is 1.98. The average molecular weight is 236 g/mol. The van der Waals surface area contributed by atoms with Gasteiger partial charge in [0.2, 0.25) is 5.91 Å². The van der Waals surface area contributed by atoms with E-state index in [1.807, 2.05) is 13.0 Å². The Morgan fingerprint density at radius 2 is 2.47 bits per heavy atom. The Balaban J connectivity index is 2.53. The maximum Gasteiger partial charge on any atom is 0.225 e. The van der Waals surface area contributed by atoms with E-state index in [0.29, 0.717) is 24.2 Å². The van der Waals surface area contributed by atoms with Crippen LogP contribution in [0.5, 0.6) is 0 Å². The van der Waals surface area contributed by atoms with Gasteiger partial charge in [-0.2, -0.15) is 10.4 Å². The van der Waals surface area contributed by atoms with Crippen molar-refractivity contribution >= 4 is 11.7 Å². The second kappa shape index (κ2) is 6.01. The first-order valence-electron chi connectivity index (χ1n) is 5.33. The van der Waals surface area contributed by atoms with Gasteiger partial charge in [-0.25, -0.2) is 0 Å². The average Bonchev–Trinajstić information content (AvgIpc) is 2.66. The van der Waals surface area contributed by atoms with E-state index in [9.17, 15) is 4.79 Å². The highest BCUT2D eigenvalue weighted by Crippen LogP contribution is 2.11. The number of aromatic nitrogens is 2. The molecule has 0 spiro atoms. The zero-order valence-electron chi connectivity index (χ0n) is 10.2. The molecule has 0 bridgehead atoms. The maximum absolute atomic E-state index is 11.6. The number of carbonyl (C=O) groups excluding carboxylic acids is 1. The summed E-state index contributed by atoms with van der Waals surface area (Å²) in [5, 5.41) is 15.4. The first kappa shape index (κ1) is 13.2. The Morgan fingerprint density at radius 3 is 3.06 bits per heavy atom. The lowest BCUT2D eigenvalue weighted by Gasteiger charge is -2.08. The number of hydrogen-bond acceptors (Lipinski definition) is 4. The minimum Gasteiger partial charge on any atom is -0.382 e. The SMILES string of the molecule is COC(C)CCC(=O)Nc1nn(C)cc1C#N. The molecule has 6 heteroatoms. The lowest BCUT2D eigenvalue weighted by Crippen LogP contribution is -2.16. The van der Waals surface area contributed by atoms with Gasteiger partial charge < -0.3 is 10.1 Å². The van der Waals surface area contributed by atoms with Crippen LogP contribution in [0.15, 0.2) is 6.20 Å². The summed E-state index contributed by atoms with van der Waals surface area (Å²) in [5.74, 6) is 0.147. The lowest BCUT2D eigenvalue weighted by atomic mass is 10.2. The Bertz CT molecular complexity index is 433. The van der Waals surface area contributed by atoms with E-state index in [1.54, 1.807) is 20.4 Å². The van der Waals surface area contributed by atoms with Gasteiger partial charge in [0.15, 0.2) is 5.82 Å². The highest BCUT2D eigenvalue weighted by molar-refractivity contribution is 5.90. The van der Waals surface area contributed by atoms with Crippen LogP contribution in [0, 0.1) is 11.3 Å². The minimum atomic E-state index is -0.163. The predicted octanol–water partition coefficient (Wildman–Crippen LogP) is 1.05. The van der Waals surface area contributed by atoms with Crippen molar-refractivity contribution in [2.24, 2.45) is 7.05 Å². The van der Waals surface area contributed by atoms with E-state index >= 15 is 0 Å². The molecule has 17 heavy (non-hydrogen) atoms. The molecule has 1 unspecified atom stereocenters. The fourth-order valence-electron chi connectivity index (χ4n) is 1.31. The predicted molar refractivity (Wildman–Crippen MR) is 62.3 cm³/mol. The smallest absolute Gasteiger partial charge is 0.225 e. The molecule has 0 aliphatic rings. The molecule has 1 heterocycles. The van der Waals surface area contributed by atoms with Gasteiger partial charge in [-0.05, 0) is 13.3 Å². The van der Waals surface area contributed by atoms with Crippen molar-refractivity contribution in [1.29, 1.82) is 5.26 Å². The van der Waals surface area contributed by atoms with Crippen molar-refractivity contribution in [3.63, 3.8) is 0 Å². The highest BCUT2D eigenvalue weighted by atomic mass is 16.5. The molecule has 1 amide bonds. The Morgan fingerprint density at radius 1 is 1.76 bits per heavy atom. The maximum atomic E-state index is 11.6. The molecule has 0 saturated heterocycles. The van der Waals surface area contributed by atoms with Gasteiger partial charge in [0.25, 0.3) is 0 Å². The van der Waals surface area contributed by atoms with E-state index in [-0.39, 0.29) is 12.0 Å². The molecule has 0 aromatic carbocycles. The van der Waals surface area contributed by atoms with Crippen LogP contribution in [0.2, 0.25) is 0 Å². The quantitative estimate of drug-likeness (QED) is 0.828. The zero-order valence-corrected chi connectivity index (χ0v) is 10.2. The summed E-state index contributed by atoms with van der Waals surface area (Å²) >= 11 is 0. The number of aryl methyl sites for hydroxylation is 1. The number of nitrogens with one attached hydrogen (secondary N) is 1. The second-order valence-electron chi connectivity index (χ2n) is 3.81. The second-order valence-corrected chi connectivity index (χ2v) is 3.81. The third kappa shape index (κ3) is 3.89. The Hall–Kier alpha value is -1.87. The van der Waals surface area contributed by atoms with Gasteiger partial charge in [0, 0.05) is 26.8 Å². The summed E-state index contributed by atoms with van der Waals surface area (Å²) in [7, 11) is 3.30. The highest BCUT2D eigenvalue weighted by Gasteiger charge is 2.11. The third-order valence-corrected chi connectivity index (χ3v) is 2.39. The van der Waals surface area contributed by atoms with Crippen molar-refractivity contribution < 1.29 is 9.53 Å². The number of ether oxygens (including phenoxy) is 1. The molecule has 0 radical (unpaired) electrons. The summed E-state index contributed by atoms with van der Waals surface area (Å²) in [5.41, 5.74) is 0.362. The van der Waals surface area contributed by atoms with Crippen molar-refractivity contribution in [2.75, 3.05) is 12.4 Å². The number of rotatable bonds is 5. The molecular weight excluding hydrogens is 220 g/mol. The van der Waals surface area contributed by atoms with Gasteiger partial charge >= 0.3 is 0 Å². The van der Waals surface area contributed by atoms with Crippen molar-refractivity contribution in [3.8, 4) is 6.07 Å². The fraction of sp³-hybridized carbons (Fsp3) is 0.545. The third-order valence-electron chi connectivity index (χ3n) is 2.39. The number of carbonyl (C=O) groups is 1. The number of nitrogens with zero attached hydrogens (tertiary/aromatic N) is 3. The molecule has 92 valence electrons. The van der Waals surface area contributed by atoms with Crippen LogP contribution in [0.1, 0.15) is 25.3 Å². The van der Waals surface area contributed by atoms with Gasteiger partial charge in [0.1, 0.15) is 11.6 Å². The monoisotopic (exact) mass is 236 g/mol. The molecule has 1 aromatic rings. The lowest BCUT2D eigenvalue weighted by molar-refractivity contribution is -0.116. The fourth-order valence-corrected chi connectivity index (χ4v) is 1.31. The summed E-state index contributed by atoms with van der Waals surface area (Å²) in [6.07, 6.45) is 2.58. The van der Waals surface area contributed by atoms with E-state index < -0.39 is 0 Å². The normalized spacial score (nSPS) is 11.9. The minimum absolute atomic E-state index is 0.0416. The van der Waals surface area contributed by atoms with Crippen LogP contribution in [0.25, 0.3) is 0 Å². The summed E-state index contributed by atoms with van der Waals surface area (Å²) in [4.78, 5) is 11.6. The van der Waals surface area contributed by atoms with E-state index in [0.717, 1.165) is 0 Å². The zero-order chi connectivity index (χ0) is 12.8. The van der Waals surface area contributed by atoms with Gasteiger partial charge in [-0.3, -0.25) is 9.48 Å². The first-order valence-corrected chi connectivity index (χ1v) is 5.33. The molecule has 1 atom stereocenters. The van der Waals surface area contributed by atoms with Crippen molar-refractivity contribution in [1.82, 2.24) is 9.78 Å². The molecule has 0 saturated carbocycles. The van der Waals surface area contributed by atoms with Gasteiger partial charge in [-0.15, -0.1) is 0 Å². The van der Waals surface area contributed by atoms with E-state index in [2.05, 4.69) is 10.4 Å². The number of anilines is 1. The van der Waals surface area contributed by atoms with Crippen LogP contribution >= 0.6 is 0 Å². The van der Waals surface area contributed by atoms with Crippen LogP contribution in [-0.4, -0.2) is 28.9 Å². The van der Waals surface area contributed by atoms with E-state index in [1.165, 1.54) is 4.68 Å². The van der Waals surface area contributed by atoms with Crippen LogP contribution in [0.4, 0.5) is 5.82 Å². The number of hydrogen-bond donors (Lipinski definition) is 1. The Labute approximate surface area is 100 Å². The number of amides is 1. The largest absolute Gasteiger partial charge is 0.382 e. The molecule has 0 fully saturated rings. The summed E-state index contributed by atoms with van der Waals surface area (Å²) < 4.78 is 6.54. The molecule has 6 nitrogen and oxygen atoms in total. The topological polar surface area (TPSA) is 79.9 Å². The molecule has 1 rings (SSSR count). The molecule has 1 aromatic heterocycles. The van der Waals surface area contributed by atoms with Crippen molar-refractivity contribution in [2.45, 2.75) is 25.9 Å². The van der Waals surface area contributed by atoms with E-state index in [4.69, 9.17) is 10.00 Å².